The second-order valence-electron chi connectivity index (χ2n) is 6.72. The zero-order valence-electron chi connectivity index (χ0n) is 15.3. The number of aromatic hydroxyl groups is 4. The van der Waals surface area contributed by atoms with E-state index in [1.807, 2.05) is 0 Å². The quantitative estimate of drug-likeness (QED) is 0.272. The van der Waals surface area contributed by atoms with Gasteiger partial charge in [0.15, 0.2) is 0 Å². The van der Waals surface area contributed by atoms with Crippen molar-refractivity contribution in [2.24, 2.45) is 0 Å². The van der Waals surface area contributed by atoms with Gasteiger partial charge in [0.2, 0.25) is 12.1 Å². The lowest BCUT2D eigenvalue weighted by Crippen LogP contribution is -2.60. The Bertz CT molecular complexity index is 899. The van der Waals surface area contributed by atoms with Crippen LogP contribution in [0.5, 0.6) is 28.7 Å². The highest BCUT2D eigenvalue weighted by atomic mass is 16.7. The summed E-state index contributed by atoms with van der Waals surface area (Å²) in [5.74, 6) is -3.41. The van der Waals surface area contributed by atoms with E-state index in [1.54, 1.807) is 0 Å². The van der Waals surface area contributed by atoms with Crippen molar-refractivity contribution in [2.45, 2.75) is 30.7 Å². The Morgan fingerprint density at radius 1 is 0.867 bits per heavy atom. The fourth-order valence-electron chi connectivity index (χ4n) is 3.06. The van der Waals surface area contributed by atoms with Gasteiger partial charge >= 0.3 is 0 Å². The molecule has 3 rings (SSSR count). The molecule has 1 aliphatic heterocycles. The molecule has 5 unspecified atom stereocenters. The fraction of sp³-hybridized carbons (Fsp3) is 0.316. The maximum atomic E-state index is 12.6. The molecule has 0 bridgehead atoms. The number of phenols is 4. The summed E-state index contributed by atoms with van der Waals surface area (Å²) in [5.41, 5.74) is -0.748. The van der Waals surface area contributed by atoms with Crippen LogP contribution in [0.2, 0.25) is 0 Å². The van der Waals surface area contributed by atoms with Crippen molar-refractivity contribution in [3.05, 3.63) is 41.5 Å². The summed E-state index contributed by atoms with van der Waals surface area (Å²) in [4.78, 5) is 12.6. The lowest BCUT2D eigenvalue weighted by atomic mass is 9.99. The van der Waals surface area contributed by atoms with Gasteiger partial charge < -0.3 is 50.3 Å². The number of phenolic OH excluding ortho intramolecular Hbond substituents is 4. The molecule has 1 saturated heterocycles. The third-order valence-electron chi connectivity index (χ3n) is 4.56. The molecule has 1 fully saturated rings. The number of hydrogen-bond acceptors (Lipinski definition) is 11. The van der Waals surface area contributed by atoms with Gasteiger partial charge in [-0.05, 0) is 12.1 Å². The van der Waals surface area contributed by atoms with Gasteiger partial charge in [-0.1, -0.05) is 0 Å². The van der Waals surface area contributed by atoms with E-state index in [2.05, 4.69) is 0 Å². The van der Waals surface area contributed by atoms with E-state index in [-0.39, 0.29) is 11.3 Å². The highest BCUT2D eigenvalue weighted by Gasteiger charge is 2.44. The van der Waals surface area contributed by atoms with Crippen LogP contribution < -0.4 is 4.74 Å². The number of carbonyl (C=O) groups excluding carboxylic acids is 1. The van der Waals surface area contributed by atoms with E-state index < -0.39 is 71.7 Å². The predicted octanol–water partition coefficient (Wildman–Crippen LogP) is -1.08. The number of ether oxygens (including phenoxy) is 2. The first-order chi connectivity index (χ1) is 14.1. The minimum Gasteiger partial charge on any atom is -0.508 e. The number of hydrogen-bond donors (Lipinski definition) is 8. The number of carbonyl (C=O) groups is 1. The third-order valence-corrected chi connectivity index (χ3v) is 4.56. The smallest absolute Gasteiger partial charge is 0.229 e. The van der Waals surface area contributed by atoms with E-state index in [4.69, 9.17) is 9.47 Å². The molecule has 0 aliphatic carbocycles. The topological polar surface area (TPSA) is 197 Å². The molecule has 5 atom stereocenters. The van der Waals surface area contributed by atoms with Crippen molar-refractivity contribution in [2.75, 3.05) is 6.61 Å². The fourth-order valence-corrected chi connectivity index (χ4v) is 3.06. The first kappa shape index (κ1) is 21.6. The molecule has 2 aromatic rings. The summed E-state index contributed by atoms with van der Waals surface area (Å²) in [6.07, 6.45) is -7.80. The first-order valence-electron chi connectivity index (χ1n) is 8.73. The van der Waals surface area contributed by atoms with E-state index in [0.29, 0.717) is 0 Å². The van der Waals surface area contributed by atoms with Crippen LogP contribution in [0.25, 0.3) is 0 Å². The van der Waals surface area contributed by atoms with Crippen molar-refractivity contribution in [1.29, 1.82) is 0 Å². The number of aliphatic hydroxyl groups is 4. The number of benzene rings is 2. The molecule has 8 N–H and O–H groups in total. The number of ketones is 1. The van der Waals surface area contributed by atoms with Gasteiger partial charge in [0.25, 0.3) is 0 Å². The molecule has 1 aliphatic rings. The average Bonchev–Trinajstić information content (AvgIpc) is 2.67. The molecule has 11 heteroatoms. The second kappa shape index (κ2) is 8.34. The van der Waals surface area contributed by atoms with Gasteiger partial charge in [0.1, 0.15) is 58.7 Å². The van der Waals surface area contributed by atoms with Crippen LogP contribution in [-0.4, -0.2) is 83.9 Å². The lowest BCUT2D eigenvalue weighted by Gasteiger charge is -2.39. The van der Waals surface area contributed by atoms with Crippen molar-refractivity contribution >= 4 is 5.78 Å². The van der Waals surface area contributed by atoms with Gasteiger partial charge in [-0.25, -0.2) is 0 Å². The number of rotatable bonds is 5. The Kier molecular flexibility index (Phi) is 6.01. The molecular formula is C19H20O11. The van der Waals surface area contributed by atoms with E-state index in [0.717, 1.165) is 30.3 Å². The Labute approximate surface area is 169 Å². The van der Waals surface area contributed by atoms with Gasteiger partial charge in [0.05, 0.1) is 6.61 Å². The van der Waals surface area contributed by atoms with Gasteiger partial charge in [-0.2, -0.15) is 0 Å². The highest BCUT2D eigenvalue weighted by Crippen LogP contribution is 2.36. The summed E-state index contributed by atoms with van der Waals surface area (Å²) in [6, 6.07) is 4.90. The minimum atomic E-state index is -1.72. The number of aliphatic hydroxyl groups excluding tert-OH is 4. The summed E-state index contributed by atoms with van der Waals surface area (Å²) < 4.78 is 10.5. The summed E-state index contributed by atoms with van der Waals surface area (Å²) in [6.45, 7) is -0.675. The standard InChI is InChI=1S/C19H20O11/c20-6-13-16(26)17(27)18(28)19(30-13)29-10-4-11(23)14(12(24)5-10)15(25)7-1-8(21)3-9(22)2-7/h1-5,13,16-24,26-28H,6H2. The van der Waals surface area contributed by atoms with E-state index in [1.165, 1.54) is 0 Å². The largest absolute Gasteiger partial charge is 0.508 e. The molecule has 0 spiro atoms. The molecule has 30 heavy (non-hydrogen) atoms. The summed E-state index contributed by atoms with van der Waals surface area (Å²) in [7, 11) is 0. The van der Waals surface area contributed by atoms with Crippen LogP contribution in [0.4, 0.5) is 0 Å². The zero-order chi connectivity index (χ0) is 22.2. The van der Waals surface area contributed by atoms with Crippen molar-refractivity contribution in [3.8, 4) is 28.7 Å². The summed E-state index contributed by atoms with van der Waals surface area (Å²) >= 11 is 0. The molecule has 0 radical (unpaired) electrons. The maximum Gasteiger partial charge on any atom is 0.229 e. The summed E-state index contributed by atoms with van der Waals surface area (Å²) in [5, 5.41) is 78.2. The normalized spacial score (nSPS) is 26.3. The first-order valence-corrected chi connectivity index (χ1v) is 8.73. The van der Waals surface area contributed by atoms with Crippen LogP contribution in [0.1, 0.15) is 15.9 Å². The zero-order valence-corrected chi connectivity index (χ0v) is 15.3. The van der Waals surface area contributed by atoms with Crippen LogP contribution in [0.15, 0.2) is 30.3 Å². The SMILES string of the molecule is O=C(c1cc(O)cc(O)c1)c1c(O)cc(OC2OC(CO)C(O)C(O)C2O)cc1O. The molecule has 0 aromatic heterocycles. The lowest BCUT2D eigenvalue weighted by molar-refractivity contribution is -0.277. The maximum absolute atomic E-state index is 12.6. The van der Waals surface area contributed by atoms with Crippen LogP contribution in [0, 0.1) is 0 Å². The van der Waals surface area contributed by atoms with Crippen molar-refractivity contribution < 1.29 is 55.1 Å². The van der Waals surface area contributed by atoms with Crippen LogP contribution in [-0.2, 0) is 4.74 Å². The van der Waals surface area contributed by atoms with Crippen LogP contribution >= 0.6 is 0 Å². The average molecular weight is 424 g/mol. The Morgan fingerprint density at radius 3 is 1.97 bits per heavy atom. The Hall–Kier alpha value is -3.09. The second-order valence-corrected chi connectivity index (χ2v) is 6.72. The molecular weight excluding hydrogens is 404 g/mol. The molecule has 0 saturated carbocycles. The van der Waals surface area contributed by atoms with Crippen molar-refractivity contribution in [3.63, 3.8) is 0 Å². The minimum absolute atomic E-state index is 0.208. The Morgan fingerprint density at radius 2 is 1.43 bits per heavy atom. The van der Waals surface area contributed by atoms with Crippen LogP contribution in [0.3, 0.4) is 0 Å². The molecule has 2 aromatic carbocycles. The Balaban J connectivity index is 1.87. The molecule has 11 nitrogen and oxygen atoms in total. The van der Waals surface area contributed by atoms with E-state index >= 15 is 0 Å². The van der Waals surface area contributed by atoms with Gasteiger partial charge in [-0.15, -0.1) is 0 Å². The molecule has 1 heterocycles. The van der Waals surface area contributed by atoms with Crippen molar-refractivity contribution in [1.82, 2.24) is 0 Å². The third kappa shape index (κ3) is 4.10. The molecule has 162 valence electrons. The highest BCUT2D eigenvalue weighted by molar-refractivity contribution is 6.12. The van der Waals surface area contributed by atoms with Gasteiger partial charge in [0, 0.05) is 23.8 Å². The monoisotopic (exact) mass is 424 g/mol. The molecule has 0 amide bonds. The van der Waals surface area contributed by atoms with Gasteiger partial charge in [-0.3, -0.25) is 4.79 Å². The van der Waals surface area contributed by atoms with E-state index in [9.17, 15) is 45.6 Å². The predicted molar refractivity (Wildman–Crippen MR) is 97.4 cm³/mol.